The molecule has 2 heterocycles. The van der Waals surface area contributed by atoms with Crippen LogP contribution in [0.1, 0.15) is 24.4 Å². The smallest absolute Gasteiger partial charge is 0.111 e. The summed E-state index contributed by atoms with van der Waals surface area (Å²) in [5.74, 6) is 6.72. The number of fused-ring (bicyclic) bond motifs is 1. The van der Waals surface area contributed by atoms with Crippen molar-refractivity contribution >= 4 is 11.0 Å². The lowest BCUT2D eigenvalue weighted by atomic mass is 10.1. The van der Waals surface area contributed by atoms with Gasteiger partial charge in [-0.3, -0.25) is 11.3 Å². The third-order valence-electron chi connectivity index (χ3n) is 3.65. The quantitative estimate of drug-likeness (QED) is 0.548. The van der Waals surface area contributed by atoms with Crippen LogP contribution in [0.3, 0.4) is 0 Å². The van der Waals surface area contributed by atoms with Crippen LogP contribution >= 0.6 is 0 Å². The van der Waals surface area contributed by atoms with Crippen molar-refractivity contribution in [3.8, 4) is 0 Å². The van der Waals surface area contributed by atoms with Crippen LogP contribution in [0.2, 0.25) is 0 Å². The Bertz CT molecular complexity index is 721. The lowest BCUT2D eigenvalue weighted by molar-refractivity contribution is 0.523. The van der Waals surface area contributed by atoms with Crippen molar-refractivity contribution < 1.29 is 0 Å². The maximum atomic E-state index is 5.70. The maximum absolute atomic E-state index is 5.70. The van der Waals surface area contributed by atoms with Crippen LogP contribution in [0, 0.1) is 0 Å². The van der Waals surface area contributed by atoms with E-state index in [-0.39, 0.29) is 6.04 Å². The van der Waals surface area contributed by atoms with Gasteiger partial charge in [0.1, 0.15) is 5.82 Å². The van der Waals surface area contributed by atoms with Crippen molar-refractivity contribution in [2.45, 2.75) is 25.9 Å². The second-order valence-corrected chi connectivity index (χ2v) is 4.86. The molecule has 21 heavy (non-hydrogen) atoms. The molecule has 1 atom stereocenters. The van der Waals surface area contributed by atoms with Crippen molar-refractivity contribution in [3.05, 3.63) is 54.1 Å². The molecule has 3 N–H and O–H groups in total. The van der Waals surface area contributed by atoms with Gasteiger partial charge in [-0.05, 0) is 30.7 Å². The van der Waals surface area contributed by atoms with Crippen molar-refractivity contribution in [1.82, 2.24) is 25.2 Å². The fourth-order valence-electron chi connectivity index (χ4n) is 2.60. The summed E-state index contributed by atoms with van der Waals surface area (Å²) >= 11 is 0. The number of nitrogens with zero attached hydrogens (tertiary/aromatic N) is 4. The molecule has 3 aromatic rings. The third kappa shape index (κ3) is 2.63. The number of para-hydroxylation sites is 2. The molecule has 0 aliphatic rings. The zero-order chi connectivity index (χ0) is 14.7. The highest BCUT2D eigenvalue weighted by atomic mass is 15.2. The molecule has 6 heteroatoms. The predicted molar refractivity (Wildman–Crippen MR) is 81.2 cm³/mol. The van der Waals surface area contributed by atoms with Crippen LogP contribution in [0.25, 0.3) is 11.0 Å². The number of nitrogens with two attached hydrogens (primary N) is 1. The van der Waals surface area contributed by atoms with Crippen LogP contribution in [0.5, 0.6) is 0 Å². The Morgan fingerprint density at radius 2 is 2.10 bits per heavy atom. The predicted octanol–water partition coefficient (Wildman–Crippen LogP) is 1.59. The summed E-state index contributed by atoms with van der Waals surface area (Å²) in [5, 5.41) is 7.71. The van der Waals surface area contributed by atoms with Gasteiger partial charge in [0.15, 0.2) is 0 Å². The minimum Gasteiger partial charge on any atom is -0.328 e. The monoisotopic (exact) mass is 282 g/mol. The molecule has 1 aromatic carbocycles. The molecular weight excluding hydrogens is 264 g/mol. The Hall–Kier alpha value is -2.31. The molecule has 108 valence electrons. The van der Waals surface area contributed by atoms with Gasteiger partial charge in [0, 0.05) is 19.2 Å². The number of hydrazine groups is 1. The highest BCUT2D eigenvalue weighted by molar-refractivity contribution is 5.75. The van der Waals surface area contributed by atoms with Gasteiger partial charge in [-0.25, -0.2) is 4.98 Å². The largest absolute Gasteiger partial charge is 0.328 e. The molecule has 0 amide bonds. The van der Waals surface area contributed by atoms with Crippen LogP contribution in [-0.4, -0.2) is 19.7 Å². The first-order chi connectivity index (χ1) is 10.3. The summed E-state index contributed by atoms with van der Waals surface area (Å²) < 4.78 is 2.22. The van der Waals surface area contributed by atoms with Crippen molar-refractivity contribution in [2.75, 3.05) is 0 Å². The first-order valence-electron chi connectivity index (χ1n) is 7.00. The number of imidazole rings is 1. The standard InChI is InChI=1S/C15H18N6/c1-2-21-14-6-4-3-5-12(14)19-15(21)9-13(20-16)11-7-8-17-18-10-11/h3-8,10,13,20H,2,9,16H2,1H3. The van der Waals surface area contributed by atoms with Crippen molar-refractivity contribution in [2.24, 2.45) is 5.84 Å². The molecule has 0 fully saturated rings. The Kier molecular flexibility index (Phi) is 3.89. The first-order valence-corrected chi connectivity index (χ1v) is 7.00. The van der Waals surface area contributed by atoms with Gasteiger partial charge < -0.3 is 4.57 Å². The van der Waals surface area contributed by atoms with E-state index in [1.165, 1.54) is 0 Å². The Morgan fingerprint density at radius 3 is 2.81 bits per heavy atom. The minimum absolute atomic E-state index is 0.0392. The molecule has 2 aromatic heterocycles. The number of rotatable bonds is 5. The van der Waals surface area contributed by atoms with Crippen LogP contribution < -0.4 is 11.3 Å². The molecule has 0 spiro atoms. The van der Waals surface area contributed by atoms with E-state index in [1.807, 2.05) is 24.3 Å². The van der Waals surface area contributed by atoms with Gasteiger partial charge in [0.05, 0.1) is 23.3 Å². The third-order valence-corrected chi connectivity index (χ3v) is 3.65. The number of hydrogen-bond donors (Lipinski definition) is 2. The van der Waals surface area contributed by atoms with E-state index in [2.05, 4.69) is 33.2 Å². The lowest BCUT2D eigenvalue weighted by Gasteiger charge is -2.16. The number of aryl methyl sites for hydroxylation is 1. The highest BCUT2D eigenvalue weighted by Gasteiger charge is 2.16. The van der Waals surface area contributed by atoms with Crippen molar-refractivity contribution in [1.29, 1.82) is 0 Å². The second kappa shape index (κ2) is 5.99. The minimum atomic E-state index is -0.0392. The molecule has 3 rings (SSSR count). The van der Waals surface area contributed by atoms with Gasteiger partial charge >= 0.3 is 0 Å². The SMILES string of the molecule is CCn1c(CC(NN)c2ccnnc2)nc2ccccc21. The summed E-state index contributed by atoms with van der Waals surface area (Å²) in [7, 11) is 0. The van der Waals surface area contributed by atoms with E-state index in [0.717, 1.165) is 29.0 Å². The number of aromatic nitrogens is 4. The van der Waals surface area contributed by atoms with Gasteiger partial charge in [-0.15, -0.1) is 0 Å². The molecule has 0 saturated carbocycles. The van der Waals surface area contributed by atoms with Crippen LogP contribution in [-0.2, 0) is 13.0 Å². The summed E-state index contributed by atoms with van der Waals surface area (Å²) in [6.07, 6.45) is 4.09. The average molecular weight is 282 g/mol. The maximum Gasteiger partial charge on any atom is 0.111 e. The van der Waals surface area contributed by atoms with E-state index < -0.39 is 0 Å². The van der Waals surface area contributed by atoms with Gasteiger partial charge in [-0.1, -0.05) is 12.1 Å². The molecule has 6 nitrogen and oxygen atoms in total. The topological polar surface area (TPSA) is 81.7 Å². The van der Waals surface area contributed by atoms with E-state index in [4.69, 9.17) is 10.8 Å². The number of hydrogen-bond acceptors (Lipinski definition) is 5. The zero-order valence-corrected chi connectivity index (χ0v) is 11.9. The average Bonchev–Trinajstić information content (AvgIpc) is 2.90. The fourth-order valence-corrected chi connectivity index (χ4v) is 2.60. The molecule has 0 radical (unpaired) electrons. The first kappa shape index (κ1) is 13.7. The van der Waals surface area contributed by atoms with Crippen LogP contribution in [0.15, 0.2) is 42.7 Å². The Labute approximate surface area is 123 Å². The van der Waals surface area contributed by atoms with Crippen molar-refractivity contribution in [3.63, 3.8) is 0 Å². The Balaban J connectivity index is 1.97. The van der Waals surface area contributed by atoms with Gasteiger partial charge in [-0.2, -0.15) is 10.2 Å². The normalized spacial score (nSPS) is 12.7. The van der Waals surface area contributed by atoms with E-state index in [0.29, 0.717) is 6.42 Å². The highest BCUT2D eigenvalue weighted by Crippen LogP contribution is 2.21. The van der Waals surface area contributed by atoms with E-state index >= 15 is 0 Å². The molecule has 0 bridgehead atoms. The molecular formula is C15H18N6. The number of benzene rings is 1. The fraction of sp³-hybridized carbons (Fsp3) is 0.267. The summed E-state index contributed by atoms with van der Waals surface area (Å²) in [4.78, 5) is 4.73. The summed E-state index contributed by atoms with van der Waals surface area (Å²) in [5.41, 5.74) is 6.01. The lowest BCUT2D eigenvalue weighted by Crippen LogP contribution is -2.30. The van der Waals surface area contributed by atoms with Gasteiger partial charge in [0.25, 0.3) is 0 Å². The second-order valence-electron chi connectivity index (χ2n) is 4.86. The molecule has 1 unspecified atom stereocenters. The summed E-state index contributed by atoms with van der Waals surface area (Å²) in [6.45, 7) is 3.00. The zero-order valence-electron chi connectivity index (χ0n) is 11.9. The van der Waals surface area contributed by atoms with Crippen LogP contribution in [0.4, 0.5) is 0 Å². The molecule has 0 aliphatic heterocycles. The van der Waals surface area contributed by atoms with E-state index in [9.17, 15) is 0 Å². The summed E-state index contributed by atoms with van der Waals surface area (Å²) in [6, 6.07) is 10.0. The Morgan fingerprint density at radius 1 is 1.24 bits per heavy atom. The molecule has 0 saturated heterocycles. The van der Waals surface area contributed by atoms with E-state index in [1.54, 1.807) is 12.4 Å². The molecule has 0 aliphatic carbocycles. The number of nitrogens with one attached hydrogen (secondary N) is 1. The van der Waals surface area contributed by atoms with Gasteiger partial charge in [0.2, 0.25) is 0 Å².